The van der Waals surface area contributed by atoms with Crippen LogP contribution in [-0.4, -0.2) is 28.4 Å². The van der Waals surface area contributed by atoms with Crippen molar-refractivity contribution in [2.75, 3.05) is 0 Å². The fraction of sp³-hybridized carbons (Fsp3) is 0.400. The molecule has 0 saturated heterocycles. The summed E-state index contributed by atoms with van der Waals surface area (Å²) in [7, 11) is 0. The van der Waals surface area contributed by atoms with E-state index < -0.39 is 11.4 Å². The van der Waals surface area contributed by atoms with Gasteiger partial charge in [-0.25, -0.2) is 0 Å². The molecule has 0 radical (unpaired) electrons. The predicted molar refractivity (Wildman–Crippen MR) is 137 cm³/mol. The summed E-state index contributed by atoms with van der Waals surface area (Å²) in [5.41, 5.74) is 1.54. The third-order valence-electron chi connectivity index (χ3n) is 7.66. The number of hydrogen-bond donors (Lipinski definition) is 2. The number of phenols is 2. The molecule has 35 heavy (non-hydrogen) atoms. The van der Waals surface area contributed by atoms with E-state index in [0.29, 0.717) is 24.6 Å². The quantitative estimate of drug-likeness (QED) is 0.381. The topological polar surface area (TPSA) is 83.8 Å². The molecular weight excluding hydrogens is 440 g/mol. The third kappa shape index (κ3) is 4.52. The van der Waals surface area contributed by atoms with Gasteiger partial charge in [0.05, 0.1) is 11.1 Å². The molecule has 5 heteroatoms. The van der Waals surface area contributed by atoms with Crippen molar-refractivity contribution in [2.45, 2.75) is 64.9 Å². The Labute approximate surface area is 207 Å². The maximum atomic E-state index is 12.1. The Morgan fingerprint density at radius 3 is 2.31 bits per heavy atom. The number of phenolic OH excluding ortho intramolecular Hbond substituents is 2. The maximum absolute atomic E-state index is 12.1. The molecule has 184 valence electrons. The highest BCUT2D eigenvalue weighted by atomic mass is 16.5. The Morgan fingerprint density at radius 2 is 1.66 bits per heavy atom. The van der Waals surface area contributed by atoms with Crippen LogP contribution in [-0.2, 0) is 0 Å². The van der Waals surface area contributed by atoms with Gasteiger partial charge in [0.15, 0.2) is 12.6 Å². The van der Waals surface area contributed by atoms with Crippen LogP contribution >= 0.6 is 0 Å². The molecule has 4 rings (SSSR count). The standard InChI is InChI=1S/C30H34O5/c1-19-11-12-23-24(20-9-6-5-7-10-20)25-27(34)21(17-31)26(33)22(18-32)28(25)35-30(23,4)15-8-14-29(2,3)16-13-19/h5-10,13-14,17-18,23-24,33-34H,11-12,15-16H2,1-4H3/t23?,24?,30-/m1/s1. The first kappa shape index (κ1) is 24.8. The summed E-state index contributed by atoms with van der Waals surface area (Å²) in [6, 6.07) is 9.82. The lowest BCUT2D eigenvalue weighted by molar-refractivity contribution is -0.00275. The number of carbonyl (C=O) groups excluding carboxylic acids is 2. The number of rotatable bonds is 3. The third-order valence-corrected chi connectivity index (χ3v) is 7.66. The van der Waals surface area contributed by atoms with Gasteiger partial charge in [-0.05, 0) is 44.1 Å². The van der Waals surface area contributed by atoms with Crippen molar-refractivity contribution in [3.8, 4) is 17.2 Å². The normalized spacial score (nSPS) is 25.8. The second-order valence-electron chi connectivity index (χ2n) is 10.8. The predicted octanol–water partition coefficient (Wildman–Crippen LogP) is 6.72. The molecule has 5 nitrogen and oxygen atoms in total. The first-order chi connectivity index (χ1) is 16.6. The molecule has 1 aliphatic heterocycles. The van der Waals surface area contributed by atoms with Crippen molar-refractivity contribution < 1.29 is 24.5 Å². The summed E-state index contributed by atoms with van der Waals surface area (Å²) < 4.78 is 6.60. The lowest BCUT2D eigenvalue weighted by atomic mass is 9.66. The second kappa shape index (κ2) is 9.37. The fourth-order valence-corrected chi connectivity index (χ4v) is 5.57. The Kier molecular flexibility index (Phi) is 6.63. The summed E-state index contributed by atoms with van der Waals surface area (Å²) in [6.07, 6.45) is 10.7. The Morgan fingerprint density at radius 1 is 0.971 bits per heavy atom. The molecule has 2 aromatic rings. The van der Waals surface area contributed by atoms with Crippen LogP contribution in [0.25, 0.3) is 0 Å². The first-order valence-electron chi connectivity index (χ1n) is 12.2. The average Bonchev–Trinajstić information content (AvgIpc) is 2.83. The summed E-state index contributed by atoms with van der Waals surface area (Å²) in [4.78, 5) is 23.9. The highest BCUT2D eigenvalue weighted by Crippen LogP contribution is 2.57. The van der Waals surface area contributed by atoms with E-state index in [1.54, 1.807) is 0 Å². The van der Waals surface area contributed by atoms with Gasteiger partial charge in [-0.2, -0.15) is 0 Å². The van der Waals surface area contributed by atoms with Gasteiger partial charge in [-0.3, -0.25) is 9.59 Å². The van der Waals surface area contributed by atoms with Crippen molar-refractivity contribution in [2.24, 2.45) is 11.3 Å². The van der Waals surface area contributed by atoms with Crippen molar-refractivity contribution in [1.82, 2.24) is 0 Å². The highest BCUT2D eigenvalue weighted by molar-refractivity contribution is 5.95. The number of allylic oxidation sites excluding steroid dienone is 3. The minimum Gasteiger partial charge on any atom is -0.507 e. The van der Waals surface area contributed by atoms with Gasteiger partial charge in [0, 0.05) is 23.8 Å². The molecule has 1 heterocycles. The Bertz CT molecular complexity index is 1190. The van der Waals surface area contributed by atoms with Crippen LogP contribution in [0.4, 0.5) is 0 Å². The molecule has 1 aliphatic carbocycles. The largest absolute Gasteiger partial charge is 0.507 e. The molecule has 0 bridgehead atoms. The van der Waals surface area contributed by atoms with E-state index in [1.807, 2.05) is 37.3 Å². The molecule has 0 spiro atoms. The second-order valence-corrected chi connectivity index (χ2v) is 10.8. The van der Waals surface area contributed by atoms with E-state index in [0.717, 1.165) is 24.8 Å². The van der Waals surface area contributed by atoms with Crippen molar-refractivity contribution in [3.63, 3.8) is 0 Å². The molecule has 0 fully saturated rings. The summed E-state index contributed by atoms with van der Waals surface area (Å²) >= 11 is 0. The van der Waals surface area contributed by atoms with Crippen LogP contribution in [0.3, 0.4) is 0 Å². The van der Waals surface area contributed by atoms with E-state index in [4.69, 9.17) is 4.74 Å². The fourth-order valence-electron chi connectivity index (χ4n) is 5.57. The minimum atomic E-state index is -0.718. The number of aromatic hydroxyl groups is 2. The van der Waals surface area contributed by atoms with Crippen LogP contribution in [0.2, 0.25) is 0 Å². The molecule has 2 aliphatic rings. The molecule has 2 N–H and O–H groups in total. The molecule has 2 aromatic carbocycles. The monoisotopic (exact) mass is 474 g/mol. The van der Waals surface area contributed by atoms with Crippen LogP contribution in [0, 0.1) is 11.3 Å². The zero-order chi connectivity index (χ0) is 25.4. The smallest absolute Gasteiger partial charge is 0.157 e. The van der Waals surface area contributed by atoms with Crippen LogP contribution in [0.15, 0.2) is 54.1 Å². The minimum absolute atomic E-state index is 0.00772. The number of aldehydes is 2. The van der Waals surface area contributed by atoms with E-state index in [9.17, 15) is 19.8 Å². The number of ether oxygens (including phenoxy) is 1. The van der Waals surface area contributed by atoms with Gasteiger partial charge in [0.2, 0.25) is 0 Å². The SMILES string of the molecule is CC1=CCC(C)(C)C=CC[C@@]2(C)Oc3c(C=O)c(O)c(C=O)c(O)c3C(c3ccccc3)C2CC1. The molecular formula is C30H34O5. The molecule has 2 unspecified atom stereocenters. The zero-order valence-electron chi connectivity index (χ0n) is 20.9. The summed E-state index contributed by atoms with van der Waals surface area (Å²) in [6.45, 7) is 8.60. The average molecular weight is 475 g/mol. The Hall–Kier alpha value is -3.34. The van der Waals surface area contributed by atoms with Crippen LogP contribution in [0.5, 0.6) is 17.2 Å². The van der Waals surface area contributed by atoms with E-state index in [2.05, 4.69) is 39.0 Å². The van der Waals surface area contributed by atoms with Gasteiger partial charge in [0.25, 0.3) is 0 Å². The summed E-state index contributed by atoms with van der Waals surface area (Å²) in [5, 5.41) is 21.9. The van der Waals surface area contributed by atoms with E-state index >= 15 is 0 Å². The first-order valence-corrected chi connectivity index (χ1v) is 12.2. The van der Waals surface area contributed by atoms with E-state index in [-0.39, 0.29) is 39.9 Å². The van der Waals surface area contributed by atoms with E-state index in [1.165, 1.54) is 5.57 Å². The number of benzene rings is 2. The van der Waals surface area contributed by atoms with Crippen molar-refractivity contribution >= 4 is 12.6 Å². The van der Waals surface area contributed by atoms with Gasteiger partial charge in [-0.15, -0.1) is 0 Å². The van der Waals surface area contributed by atoms with Gasteiger partial charge < -0.3 is 14.9 Å². The number of fused-ring (bicyclic) bond motifs is 2. The lowest BCUT2D eigenvalue weighted by Gasteiger charge is -2.48. The van der Waals surface area contributed by atoms with Crippen molar-refractivity contribution in [3.05, 3.63) is 76.4 Å². The maximum Gasteiger partial charge on any atom is 0.157 e. The molecule has 0 aromatic heterocycles. The summed E-state index contributed by atoms with van der Waals surface area (Å²) in [5.74, 6) is -1.12. The molecule has 3 atom stereocenters. The number of hydrogen-bond acceptors (Lipinski definition) is 5. The molecule has 0 saturated carbocycles. The van der Waals surface area contributed by atoms with Crippen LogP contribution in [0.1, 0.15) is 91.1 Å². The van der Waals surface area contributed by atoms with Gasteiger partial charge in [-0.1, -0.05) is 68.0 Å². The van der Waals surface area contributed by atoms with Crippen LogP contribution < -0.4 is 4.74 Å². The zero-order valence-corrected chi connectivity index (χ0v) is 20.9. The molecule has 0 amide bonds. The van der Waals surface area contributed by atoms with Gasteiger partial charge >= 0.3 is 0 Å². The Balaban J connectivity index is 2.01. The van der Waals surface area contributed by atoms with Crippen molar-refractivity contribution in [1.29, 1.82) is 0 Å². The van der Waals surface area contributed by atoms with Gasteiger partial charge in [0.1, 0.15) is 22.8 Å². The number of carbonyl (C=O) groups is 2. The highest BCUT2D eigenvalue weighted by Gasteiger charge is 2.49. The lowest BCUT2D eigenvalue weighted by Crippen LogP contribution is -2.47.